The first kappa shape index (κ1) is 16.7. The summed E-state index contributed by atoms with van der Waals surface area (Å²) in [5, 5.41) is 4.10. The number of aryl methyl sites for hydroxylation is 1. The van der Waals surface area contributed by atoms with E-state index in [0.717, 1.165) is 12.1 Å². The molecule has 0 spiro atoms. The Bertz CT molecular complexity index is 711. The van der Waals surface area contributed by atoms with Crippen molar-refractivity contribution in [2.75, 3.05) is 7.11 Å². The molecule has 1 aromatic carbocycles. The van der Waals surface area contributed by atoms with Gasteiger partial charge in [-0.3, -0.25) is 9.48 Å². The van der Waals surface area contributed by atoms with E-state index >= 15 is 0 Å². The number of hydrogen-bond donors (Lipinski definition) is 0. The van der Waals surface area contributed by atoms with Crippen LogP contribution in [-0.2, 0) is 6.54 Å². The Morgan fingerprint density at radius 2 is 2.17 bits per heavy atom. The Morgan fingerprint density at radius 1 is 1.39 bits per heavy atom. The van der Waals surface area contributed by atoms with E-state index in [1.165, 1.54) is 31.4 Å². The number of carbonyl (C=O) groups excluding carboxylic acids is 1. The Morgan fingerprint density at radius 3 is 2.78 bits per heavy atom. The normalized spacial score (nSPS) is 11.2. The molecule has 0 bridgehead atoms. The van der Waals surface area contributed by atoms with Gasteiger partial charge in [-0.05, 0) is 37.3 Å². The number of nitrogens with zero attached hydrogens (tertiary/aromatic N) is 2. The number of benzene rings is 1. The molecular formula is C16H16F2N2O3. The van der Waals surface area contributed by atoms with E-state index in [0.29, 0.717) is 5.56 Å². The fourth-order valence-corrected chi connectivity index (χ4v) is 1.92. The van der Waals surface area contributed by atoms with Gasteiger partial charge in [0.25, 0.3) is 0 Å². The number of halogens is 2. The number of rotatable bonds is 7. The first-order valence-electron chi connectivity index (χ1n) is 6.91. The van der Waals surface area contributed by atoms with Crippen LogP contribution in [0.4, 0.5) is 8.78 Å². The van der Waals surface area contributed by atoms with Crippen LogP contribution in [0.5, 0.6) is 11.5 Å². The molecule has 0 unspecified atom stereocenters. The zero-order valence-corrected chi connectivity index (χ0v) is 12.7. The van der Waals surface area contributed by atoms with Crippen LogP contribution in [0.3, 0.4) is 0 Å². The molecule has 23 heavy (non-hydrogen) atoms. The van der Waals surface area contributed by atoms with Crippen LogP contribution < -0.4 is 9.47 Å². The predicted octanol–water partition coefficient (Wildman–Crippen LogP) is 3.41. The highest BCUT2D eigenvalue weighted by Gasteiger charge is 2.13. The lowest BCUT2D eigenvalue weighted by atomic mass is 10.1. The van der Waals surface area contributed by atoms with Crippen molar-refractivity contribution >= 4 is 11.9 Å². The number of ketones is 1. The summed E-state index contributed by atoms with van der Waals surface area (Å²) in [5.41, 5.74) is 1.10. The van der Waals surface area contributed by atoms with Crippen LogP contribution in [-0.4, -0.2) is 29.3 Å². The van der Waals surface area contributed by atoms with Gasteiger partial charge in [-0.25, -0.2) is 0 Å². The average molecular weight is 322 g/mol. The van der Waals surface area contributed by atoms with Crippen molar-refractivity contribution < 1.29 is 23.0 Å². The minimum atomic E-state index is -2.96. The lowest BCUT2D eigenvalue weighted by Crippen LogP contribution is -2.04. The molecular weight excluding hydrogens is 306 g/mol. The van der Waals surface area contributed by atoms with Gasteiger partial charge in [-0.1, -0.05) is 0 Å². The van der Waals surface area contributed by atoms with Crippen LogP contribution in [0.1, 0.15) is 22.8 Å². The number of aromatic nitrogens is 2. The molecule has 122 valence electrons. The molecule has 7 heteroatoms. The number of carbonyl (C=O) groups is 1. The fourth-order valence-electron chi connectivity index (χ4n) is 1.92. The van der Waals surface area contributed by atoms with Crippen LogP contribution in [0.15, 0.2) is 36.7 Å². The molecule has 0 atom stereocenters. The second-order valence-electron chi connectivity index (χ2n) is 4.57. The van der Waals surface area contributed by atoms with E-state index in [1.54, 1.807) is 17.0 Å². The standard InChI is InChI=1S/C16H16F2N2O3/c1-3-20-10-11(9-19-20)4-6-13(21)12-5-7-14(23-16(17)18)15(8-12)22-2/h4-10,16H,3H2,1-2H3/b6-4+. The molecule has 2 aromatic rings. The molecule has 0 fully saturated rings. The summed E-state index contributed by atoms with van der Waals surface area (Å²) in [6.45, 7) is -0.258. The number of allylic oxidation sites excluding steroid dienone is 1. The molecule has 0 aliphatic heterocycles. The molecule has 5 nitrogen and oxygen atoms in total. The molecule has 1 heterocycles. The quantitative estimate of drug-likeness (QED) is 0.579. The summed E-state index contributed by atoms with van der Waals surface area (Å²) in [4.78, 5) is 12.1. The Hall–Kier alpha value is -2.70. The van der Waals surface area contributed by atoms with Gasteiger partial charge in [0.15, 0.2) is 17.3 Å². The minimum absolute atomic E-state index is 0.0725. The summed E-state index contributed by atoms with van der Waals surface area (Å²) in [6.07, 6.45) is 6.48. The first-order valence-corrected chi connectivity index (χ1v) is 6.91. The summed E-state index contributed by atoms with van der Waals surface area (Å²) in [5.74, 6) is -0.327. The highest BCUT2D eigenvalue weighted by Crippen LogP contribution is 2.29. The Balaban J connectivity index is 2.15. The smallest absolute Gasteiger partial charge is 0.387 e. The number of hydrogen-bond acceptors (Lipinski definition) is 4. The third kappa shape index (κ3) is 4.38. The van der Waals surface area contributed by atoms with Crippen LogP contribution in [0.25, 0.3) is 6.08 Å². The second kappa shape index (κ2) is 7.53. The Kier molecular flexibility index (Phi) is 5.46. The van der Waals surface area contributed by atoms with Crippen molar-refractivity contribution in [1.29, 1.82) is 0 Å². The van der Waals surface area contributed by atoms with E-state index < -0.39 is 6.61 Å². The van der Waals surface area contributed by atoms with Gasteiger partial charge in [0, 0.05) is 23.9 Å². The maximum atomic E-state index is 12.3. The number of ether oxygens (including phenoxy) is 2. The van der Waals surface area contributed by atoms with Crippen molar-refractivity contribution in [3.05, 3.63) is 47.8 Å². The van der Waals surface area contributed by atoms with Gasteiger partial charge >= 0.3 is 6.61 Å². The molecule has 0 radical (unpaired) electrons. The van der Waals surface area contributed by atoms with Crippen molar-refractivity contribution in [3.8, 4) is 11.5 Å². The molecule has 1 aromatic heterocycles. The second-order valence-corrected chi connectivity index (χ2v) is 4.57. The topological polar surface area (TPSA) is 53.4 Å². The SMILES string of the molecule is CCn1cc(/C=C/C(=O)c2ccc(OC(F)F)c(OC)c2)cn1. The molecule has 0 aliphatic rings. The molecule has 0 aliphatic carbocycles. The Labute approximate surface area is 132 Å². The van der Waals surface area contributed by atoms with Crippen molar-refractivity contribution in [3.63, 3.8) is 0 Å². The van der Waals surface area contributed by atoms with E-state index in [2.05, 4.69) is 9.84 Å². The molecule has 0 amide bonds. The van der Waals surface area contributed by atoms with Crippen LogP contribution in [0, 0.1) is 0 Å². The number of alkyl halides is 2. The van der Waals surface area contributed by atoms with Gasteiger partial charge in [0.2, 0.25) is 0 Å². The summed E-state index contributed by atoms with van der Waals surface area (Å²) >= 11 is 0. The lowest BCUT2D eigenvalue weighted by molar-refractivity contribution is -0.0512. The van der Waals surface area contributed by atoms with E-state index in [-0.39, 0.29) is 17.3 Å². The third-order valence-corrected chi connectivity index (χ3v) is 3.07. The summed E-state index contributed by atoms with van der Waals surface area (Å²) in [6, 6.07) is 4.05. The van der Waals surface area contributed by atoms with Gasteiger partial charge in [-0.2, -0.15) is 13.9 Å². The van der Waals surface area contributed by atoms with Crippen LogP contribution >= 0.6 is 0 Å². The molecule has 0 N–H and O–H groups in total. The lowest BCUT2D eigenvalue weighted by Gasteiger charge is -2.10. The van der Waals surface area contributed by atoms with Crippen molar-refractivity contribution in [2.45, 2.75) is 20.1 Å². The third-order valence-electron chi connectivity index (χ3n) is 3.07. The monoisotopic (exact) mass is 322 g/mol. The summed E-state index contributed by atoms with van der Waals surface area (Å²) in [7, 11) is 1.32. The zero-order valence-electron chi connectivity index (χ0n) is 12.7. The highest BCUT2D eigenvalue weighted by atomic mass is 19.3. The van der Waals surface area contributed by atoms with E-state index in [4.69, 9.17) is 4.74 Å². The average Bonchev–Trinajstić information content (AvgIpc) is 3.00. The zero-order chi connectivity index (χ0) is 16.8. The van der Waals surface area contributed by atoms with E-state index in [9.17, 15) is 13.6 Å². The summed E-state index contributed by atoms with van der Waals surface area (Å²) < 4.78 is 35.6. The van der Waals surface area contributed by atoms with Crippen LogP contribution in [0.2, 0.25) is 0 Å². The van der Waals surface area contributed by atoms with E-state index in [1.807, 2.05) is 13.1 Å². The van der Waals surface area contributed by atoms with Gasteiger partial charge in [0.1, 0.15) is 0 Å². The largest absolute Gasteiger partial charge is 0.493 e. The fraction of sp³-hybridized carbons (Fsp3) is 0.250. The van der Waals surface area contributed by atoms with Gasteiger partial charge < -0.3 is 9.47 Å². The molecule has 0 saturated carbocycles. The number of methoxy groups -OCH3 is 1. The molecule has 0 saturated heterocycles. The maximum absolute atomic E-state index is 12.3. The highest BCUT2D eigenvalue weighted by molar-refractivity contribution is 6.07. The minimum Gasteiger partial charge on any atom is -0.493 e. The van der Waals surface area contributed by atoms with Crippen molar-refractivity contribution in [1.82, 2.24) is 9.78 Å². The van der Waals surface area contributed by atoms with Gasteiger partial charge in [0.05, 0.1) is 13.3 Å². The molecule has 2 rings (SSSR count). The predicted molar refractivity (Wildman–Crippen MR) is 80.9 cm³/mol. The van der Waals surface area contributed by atoms with Gasteiger partial charge in [-0.15, -0.1) is 0 Å². The van der Waals surface area contributed by atoms with Crippen molar-refractivity contribution in [2.24, 2.45) is 0 Å². The maximum Gasteiger partial charge on any atom is 0.387 e. The first-order chi connectivity index (χ1) is 11.0.